The van der Waals surface area contributed by atoms with Crippen molar-refractivity contribution in [3.05, 3.63) is 54.1 Å². The van der Waals surface area contributed by atoms with Crippen molar-refractivity contribution >= 4 is 11.7 Å². The van der Waals surface area contributed by atoms with Crippen LogP contribution in [0.25, 0.3) is 0 Å². The predicted molar refractivity (Wildman–Crippen MR) is 130 cm³/mol. The molecule has 1 heterocycles. The molecule has 2 fully saturated rings. The lowest BCUT2D eigenvalue weighted by Crippen LogP contribution is -2.54. The smallest absolute Gasteiger partial charge is 0.322 e. The summed E-state index contributed by atoms with van der Waals surface area (Å²) in [5, 5.41) is 17.0. The number of nitrogens with zero attached hydrogens (tertiary/aromatic N) is 3. The van der Waals surface area contributed by atoms with Crippen LogP contribution in [0.2, 0.25) is 0 Å². The van der Waals surface area contributed by atoms with Gasteiger partial charge < -0.3 is 15.7 Å². The second kappa shape index (κ2) is 9.39. The van der Waals surface area contributed by atoms with Gasteiger partial charge in [-0.3, -0.25) is 4.90 Å². The summed E-state index contributed by atoms with van der Waals surface area (Å²) < 4.78 is 0. The Kier molecular flexibility index (Phi) is 6.73. The van der Waals surface area contributed by atoms with Crippen LogP contribution in [0.4, 0.5) is 10.5 Å². The minimum Gasteiger partial charge on any atom is -0.388 e. The van der Waals surface area contributed by atoms with Gasteiger partial charge in [0, 0.05) is 18.6 Å². The van der Waals surface area contributed by atoms with Crippen LogP contribution in [0.5, 0.6) is 0 Å². The summed E-state index contributed by atoms with van der Waals surface area (Å²) in [6, 6.07) is 10.5. The van der Waals surface area contributed by atoms with Crippen LogP contribution in [0.3, 0.4) is 0 Å². The van der Waals surface area contributed by atoms with Crippen LogP contribution in [0.15, 0.2) is 42.7 Å². The number of carbonyl (C=O) groups excluding carboxylic acids is 1. The lowest BCUT2D eigenvalue weighted by molar-refractivity contribution is -0.0289. The summed E-state index contributed by atoms with van der Waals surface area (Å²) >= 11 is 0. The normalized spacial score (nSPS) is 26.3. The minimum atomic E-state index is -0.762. The minimum absolute atomic E-state index is 0.0334. The first-order valence-electron chi connectivity index (χ1n) is 12.1. The van der Waals surface area contributed by atoms with Crippen LogP contribution in [-0.2, 0) is 5.54 Å². The highest BCUT2D eigenvalue weighted by atomic mass is 16.3. The van der Waals surface area contributed by atoms with Crippen molar-refractivity contribution in [3.8, 4) is 0 Å². The van der Waals surface area contributed by atoms with Crippen molar-refractivity contribution < 1.29 is 9.90 Å². The number of hydrogen-bond acceptors (Lipinski definition) is 5. The number of nitrogens with one attached hydrogen (secondary N) is 2. The van der Waals surface area contributed by atoms with Gasteiger partial charge in [-0.05, 0) is 69.9 Å². The topological polar surface area (TPSA) is 90.4 Å². The van der Waals surface area contributed by atoms with Crippen molar-refractivity contribution in [3.63, 3.8) is 0 Å². The molecule has 3 N–H and O–H groups in total. The third kappa shape index (κ3) is 5.20. The summed E-state index contributed by atoms with van der Waals surface area (Å²) in [6.45, 7) is 4.97. The van der Waals surface area contributed by atoms with Crippen LogP contribution >= 0.6 is 0 Å². The standard InChI is InChI=1S/C26H37N5O2/c1-20-28-16-22(17-29-20)31(23(32)30-18-25(33)10-7-11-25)19-24(2)12-14-26(27-3,15-13-24)21-8-5-4-6-9-21/h4-6,8-9,16-17,27,33H,7,10-15,18-19H2,1-3H3,(H,30,32)/t24-,26-. The van der Waals surface area contributed by atoms with Crippen LogP contribution in [-0.4, -0.2) is 46.8 Å². The van der Waals surface area contributed by atoms with Gasteiger partial charge in [-0.25, -0.2) is 14.8 Å². The van der Waals surface area contributed by atoms with E-state index in [4.69, 9.17) is 0 Å². The zero-order chi connectivity index (χ0) is 23.5. The molecule has 178 valence electrons. The largest absolute Gasteiger partial charge is 0.388 e. The summed E-state index contributed by atoms with van der Waals surface area (Å²) in [5.74, 6) is 0.674. The van der Waals surface area contributed by atoms with E-state index in [1.807, 2.05) is 14.0 Å². The van der Waals surface area contributed by atoms with E-state index in [-0.39, 0.29) is 23.5 Å². The van der Waals surface area contributed by atoms with Crippen molar-refractivity contribution in [1.82, 2.24) is 20.6 Å². The molecule has 2 saturated carbocycles. The van der Waals surface area contributed by atoms with E-state index in [1.54, 1.807) is 17.3 Å². The van der Waals surface area contributed by atoms with Gasteiger partial charge in [0.25, 0.3) is 0 Å². The summed E-state index contributed by atoms with van der Waals surface area (Å²) in [4.78, 5) is 23.7. The molecular weight excluding hydrogens is 414 g/mol. The maximum Gasteiger partial charge on any atom is 0.322 e. The van der Waals surface area contributed by atoms with Crippen LogP contribution in [0, 0.1) is 12.3 Å². The number of anilines is 1. The van der Waals surface area contributed by atoms with Gasteiger partial charge in [0.2, 0.25) is 0 Å². The molecule has 7 nitrogen and oxygen atoms in total. The van der Waals surface area contributed by atoms with Crippen molar-refractivity contribution in [2.75, 3.05) is 25.0 Å². The SMILES string of the molecule is CN[C@]1(c2ccccc2)CC[C@@](C)(CN(C(=O)NCC2(O)CCC2)c2cnc(C)nc2)CC1. The van der Waals surface area contributed by atoms with E-state index < -0.39 is 5.60 Å². The molecule has 2 aromatic rings. The third-order valence-corrected chi connectivity index (χ3v) is 7.83. The number of aromatic nitrogens is 2. The Bertz CT molecular complexity index is 935. The fourth-order valence-corrected chi connectivity index (χ4v) is 5.16. The first-order valence-corrected chi connectivity index (χ1v) is 12.1. The number of aryl methyl sites for hydroxylation is 1. The lowest BCUT2D eigenvalue weighted by Gasteiger charge is -2.47. The lowest BCUT2D eigenvalue weighted by atomic mass is 9.66. The second-order valence-electron chi connectivity index (χ2n) is 10.3. The Hall–Kier alpha value is -2.51. The van der Waals surface area contributed by atoms with E-state index in [1.165, 1.54) is 5.56 Å². The van der Waals surface area contributed by atoms with Crippen LogP contribution in [0.1, 0.15) is 63.3 Å². The molecule has 4 rings (SSSR count). The van der Waals surface area contributed by atoms with Gasteiger partial charge in [0.05, 0.1) is 23.7 Å². The highest BCUT2D eigenvalue weighted by molar-refractivity contribution is 5.91. The molecule has 0 spiro atoms. The van der Waals surface area contributed by atoms with Gasteiger partial charge in [-0.1, -0.05) is 37.3 Å². The molecular formula is C26H37N5O2. The van der Waals surface area contributed by atoms with Gasteiger partial charge in [-0.2, -0.15) is 0 Å². The summed E-state index contributed by atoms with van der Waals surface area (Å²) in [6.07, 6.45) is 9.91. The maximum atomic E-state index is 13.3. The summed E-state index contributed by atoms with van der Waals surface area (Å²) in [7, 11) is 2.05. The molecule has 2 aliphatic rings. The number of carbonyl (C=O) groups is 1. The molecule has 2 aliphatic carbocycles. The number of benzene rings is 1. The molecule has 0 bridgehead atoms. The van der Waals surface area contributed by atoms with E-state index in [2.05, 4.69) is 57.9 Å². The molecule has 1 aromatic carbocycles. The zero-order valence-corrected chi connectivity index (χ0v) is 20.1. The number of hydrogen-bond donors (Lipinski definition) is 3. The van der Waals surface area contributed by atoms with Crippen molar-refractivity contribution in [2.45, 2.75) is 69.9 Å². The van der Waals surface area contributed by atoms with E-state index in [0.29, 0.717) is 18.1 Å². The predicted octanol–water partition coefficient (Wildman–Crippen LogP) is 3.91. The maximum absolute atomic E-state index is 13.3. The fourth-order valence-electron chi connectivity index (χ4n) is 5.16. The number of rotatable bonds is 7. The van der Waals surface area contributed by atoms with Gasteiger partial charge in [0.15, 0.2) is 0 Å². The average Bonchev–Trinajstić information content (AvgIpc) is 2.82. The third-order valence-electron chi connectivity index (χ3n) is 7.83. The van der Waals surface area contributed by atoms with Gasteiger partial charge >= 0.3 is 6.03 Å². The fraction of sp³-hybridized carbons (Fsp3) is 0.577. The first-order chi connectivity index (χ1) is 15.8. The molecule has 0 saturated heterocycles. The molecule has 0 aliphatic heterocycles. The molecule has 1 aromatic heterocycles. The highest BCUT2D eigenvalue weighted by Gasteiger charge is 2.42. The van der Waals surface area contributed by atoms with Crippen LogP contribution < -0.4 is 15.5 Å². The monoisotopic (exact) mass is 451 g/mol. The molecule has 0 atom stereocenters. The molecule has 33 heavy (non-hydrogen) atoms. The van der Waals surface area contributed by atoms with E-state index in [0.717, 1.165) is 44.9 Å². The molecule has 7 heteroatoms. The Morgan fingerprint density at radius 1 is 1.06 bits per heavy atom. The Labute approximate surface area is 197 Å². The Morgan fingerprint density at radius 2 is 1.70 bits per heavy atom. The molecule has 0 radical (unpaired) electrons. The molecule has 2 amide bonds. The average molecular weight is 452 g/mol. The second-order valence-corrected chi connectivity index (χ2v) is 10.3. The highest BCUT2D eigenvalue weighted by Crippen LogP contribution is 2.46. The summed E-state index contributed by atoms with van der Waals surface area (Å²) in [5.41, 5.74) is 1.18. The number of aliphatic hydroxyl groups is 1. The van der Waals surface area contributed by atoms with Crippen molar-refractivity contribution in [2.24, 2.45) is 5.41 Å². The Morgan fingerprint density at radius 3 is 2.24 bits per heavy atom. The first kappa shape index (κ1) is 23.6. The zero-order valence-electron chi connectivity index (χ0n) is 20.1. The van der Waals surface area contributed by atoms with Gasteiger partial charge in [-0.15, -0.1) is 0 Å². The van der Waals surface area contributed by atoms with E-state index >= 15 is 0 Å². The quantitative estimate of drug-likeness (QED) is 0.594. The van der Waals surface area contributed by atoms with Gasteiger partial charge in [0.1, 0.15) is 5.82 Å². The number of urea groups is 1. The molecule has 0 unspecified atom stereocenters. The van der Waals surface area contributed by atoms with Crippen molar-refractivity contribution in [1.29, 1.82) is 0 Å². The Balaban J connectivity index is 1.49. The van der Waals surface area contributed by atoms with E-state index in [9.17, 15) is 9.90 Å². The number of amides is 2.